The molecular formula is C11H10BrF3N2O. The van der Waals surface area contributed by atoms with E-state index in [4.69, 9.17) is 0 Å². The van der Waals surface area contributed by atoms with Crippen molar-refractivity contribution in [3.05, 3.63) is 28.5 Å². The lowest BCUT2D eigenvalue weighted by atomic mass is 10.1. The predicted molar refractivity (Wildman–Crippen MR) is 61.7 cm³/mol. The molecule has 0 radical (unpaired) electrons. The van der Waals surface area contributed by atoms with Crippen molar-refractivity contribution in [3.63, 3.8) is 0 Å². The maximum absolute atomic E-state index is 13.1. The van der Waals surface area contributed by atoms with E-state index in [9.17, 15) is 18.0 Å². The van der Waals surface area contributed by atoms with Gasteiger partial charge in [0.05, 0.1) is 5.69 Å². The van der Waals surface area contributed by atoms with Crippen molar-refractivity contribution in [1.29, 1.82) is 0 Å². The van der Waals surface area contributed by atoms with Crippen LogP contribution in [0.1, 0.15) is 24.6 Å². The van der Waals surface area contributed by atoms with Crippen molar-refractivity contribution in [2.45, 2.75) is 25.1 Å². The number of carbonyl (C=O) groups is 1. The highest BCUT2D eigenvalue weighted by atomic mass is 79.9. The molecule has 2 heterocycles. The van der Waals surface area contributed by atoms with E-state index in [1.165, 1.54) is 18.3 Å². The molecule has 7 heteroatoms. The average molecular weight is 323 g/mol. The maximum Gasteiger partial charge on any atom is 0.414 e. The Bertz CT molecular complexity index is 447. The van der Waals surface area contributed by atoms with Crippen molar-refractivity contribution in [2.24, 2.45) is 0 Å². The van der Waals surface area contributed by atoms with Crippen LogP contribution in [0.15, 0.2) is 22.8 Å². The molecule has 1 saturated heterocycles. The van der Waals surface area contributed by atoms with E-state index in [0.29, 0.717) is 10.9 Å². The molecule has 0 spiro atoms. The number of rotatable bonds is 2. The number of amides is 1. The molecule has 2 rings (SSSR count). The van der Waals surface area contributed by atoms with E-state index in [0.717, 1.165) is 4.90 Å². The monoisotopic (exact) mass is 322 g/mol. The van der Waals surface area contributed by atoms with Gasteiger partial charge in [0, 0.05) is 23.6 Å². The van der Waals surface area contributed by atoms with Crippen LogP contribution in [-0.4, -0.2) is 28.5 Å². The first-order chi connectivity index (χ1) is 8.39. The lowest BCUT2D eigenvalue weighted by molar-refractivity contribution is -0.189. The Balaban J connectivity index is 2.37. The van der Waals surface area contributed by atoms with Gasteiger partial charge in [-0.1, -0.05) is 0 Å². The molecule has 1 atom stereocenters. The van der Waals surface area contributed by atoms with Crippen LogP contribution in [0.2, 0.25) is 0 Å². The highest BCUT2D eigenvalue weighted by Gasteiger charge is 2.48. The number of alkyl halides is 3. The highest BCUT2D eigenvalue weighted by Crippen LogP contribution is 2.39. The fourth-order valence-electron chi connectivity index (χ4n) is 2.00. The third-order valence-corrected chi connectivity index (χ3v) is 3.23. The van der Waals surface area contributed by atoms with E-state index >= 15 is 0 Å². The molecule has 98 valence electrons. The van der Waals surface area contributed by atoms with Gasteiger partial charge in [0.15, 0.2) is 6.04 Å². The summed E-state index contributed by atoms with van der Waals surface area (Å²) in [7, 11) is 0. The number of carbonyl (C=O) groups excluding carboxylic acids is 1. The van der Waals surface area contributed by atoms with Crippen molar-refractivity contribution >= 4 is 21.8 Å². The zero-order valence-electron chi connectivity index (χ0n) is 9.25. The van der Waals surface area contributed by atoms with Gasteiger partial charge in [0.25, 0.3) is 0 Å². The van der Waals surface area contributed by atoms with Crippen LogP contribution in [0.5, 0.6) is 0 Å². The van der Waals surface area contributed by atoms with Crippen molar-refractivity contribution < 1.29 is 18.0 Å². The van der Waals surface area contributed by atoms with Crippen molar-refractivity contribution in [1.82, 2.24) is 9.88 Å². The molecule has 1 unspecified atom stereocenters. The predicted octanol–water partition coefficient (Wildman–Crippen LogP) is 3.07. The minimum absolute atomic E-state index is 0.126. The van der Waals surface area contributed by atoms with Gasteiger partial charge in [-0.2, -0.15) is 13.2 Å². The summed E-state index contributed by atoms with van der Waals surface area (Å²) in [5.74, 6) is -0.470. The average Bonchev–Trinajstić information content (AvgIpc) is 2.66. The minimum atomic E-state index is -4.51. The number of halogens is 4. The Morgan fingerprint density at radius 1 is 1.39 bits per heavy atom. The summed E-state index contributed by atoms with van der Waals surface area (Å²) in [5.41, 5.74) is -0.152. The highest BCUT2D eigenvalue weighted by molar-refractivity contribution is 9.10. The second kappa shape index (κ2) is 4.87. The summed E-state index contributed by atoms with van der Waals surface area (Å²) in [6, 6.07) is 0.829. The maximum atomic E-state index is 13.1. The molecular weight excluding hydrogens is 313 g/mol. The molecule has 1 aliphatic rings. The second-order valence-corrected chi connectivity index (χ2v) is 4.95. The van der Waals surface area contributed by atoms with E-state index in [-0.39, 0.29) is 18.7 Å². The number of hydrogen-bond acceptors (Lipinski definition) is 2. The zero-order valence-corrected chi connectivity index (χ0v) is 10.8. The normalized spacial score (nSPS) is 18.2. The van der Waals surface area contributed by atoms with Crippen LogP contribution >= 0.6 is 15.9 Å². The van der Waals surface area contributed by atoms with Crippen molar-refractivity contribution in [2.75, 3.05) is 6.54 Å². The molecule has 0 N–H and O–H groups in total. The van der Waals surface area contributed by atoms with Crippen LogP contribution in [0.25, 0.3) is 0 Å². The first kappa shape index (κ1) is 13.3. The number of pyridine rings is 1. The summed E-state index contributed by atoms with van der Waals surface area (Å²) in [5, 5.41) is 0. The van der Waals surface area contributed by atoms with Gasteiger partial charge < -0.3 is 4.90 Å². The molecule has 0 bridgehead atoms. The molecule has 0 aliphatic carbocycles. The zero-order chi connectivity index (χ0) is 13.3. The van der Waals surface area contributed by atoms with E-state index in [1.807, 2.05) is 0 Å². The quantitative estimate of drug-likeness (QED) is 0.838. The van der Waals surface area contributed by atoms with Crippen molar-refractivity contribution in [3.8, 4) is 0 Å². The van der Waals surface area contributed by atoms with Gasteiger partial charge in [0.2, 0.25) is 5.91 Å². The van der Waals surface area contributed by atoms with Gasteiger partial charge in [-0.3, -0.25) is 9.78 Å². The summed E-state index contributed by atoms with van der Waals surface area (Å²) < 4.78 is 39.9. The third-order valence-electron chi connectivity index (χ3n) is 2.76. The molecule has 0 aromatic carbocycles. The van der Waals surface area contributed by atoms with E-state index < -0.39 is 18.1 Å². The standard InChI is InChI=1S/C11H10BrF3N2O/c12-7-3-4-8(16-6-7)10(11(13,14)15)17-5-1-2-9(17)18/h3-4,6,10H,1-2,5H2. The third kappa shape index (κ3) is 2.66. The lowest BCUT2D eigenvalue weighted by Gasteiger charge is -2.29. The molecule has 1 aromatic heterocycles. The lowest BCUT2D eigenvalue weighted by Crippen LogP contribution is -2.39. The summed E-state index contributed by atoms with van der Waals surface area (Å²) in [6.45, 7) is 0.126. The Kier molecular flexibility index (Phi) is 3.61. The second-order valence-electron chi connectivity index (χ2n) is 4.04. The Morgan fingerprint density at radius 3 is 2.56 bits per heavy atom. The molecule has 1 aliphatic heterocycles. The molecule has 0 saturated carbocycles. The summed E-state index contributed by atoms with van der Waals surface area (Å²) >= 11 is 3.12. The Labute approximate surface area is 110 Å². The molecule has 1 fully saturated rings. The SMILES string of the molecule is O=C1CCCN1C(c1ccc(Br)cn1)C(F)(F)F. The number of hydrogen-bond donors (Lipinski definition) is 0. The molecule has 1 amide bonds. The summed E-state index contributed by atoms with van der Waals surface area (Å²) in [4.78, 5) is 16.1. The fourth-order valence-corrected chi connectivity index (χ4v) is 2.23. The van der Waals surface area contributed by atoms with Gasteiger partial charge in [-0.15, -0.1) is 0 Å². The Hall–Kier alpha value is -1.11. The van der Waals surface area contributed by atoms with E-state index in [2.05, 4.69) is 20.9 Å². The topological polar surface area (TPSA) is 33.2 Å². The number of aromatic nitrogens is 1. The first-order valence-electron chi connectivity index (χ1n) is 5.37. The molecule has 18 heavy (non-hydrogen) atoms. The van der Waals surface area contributed by atoms with Crippen LogP contribution in [0.3, 0.4) is 0 Å². The first-order valence-corrected chi connectivity index (χ1v) is 6.16. The van der Waals surface area contributed by atoms with Gasteiger partial charge >= 0.3 is 6.18 Å². The smallest absolute Gasteiger partial charge is 0.326 e. The largest absolute Gasteiger partial charge is 0.414 e. The molecule has 1 aromatic rings. The Morgan fingerprint density at radius 2 is 2.11 bits per heavy atom. The van der Waals surface area contributed by atoms with Crippen LogP contribution in [0, 0.1) is 0 Å². The summed E-state index contributed by atoms with van der Waals surface area (Å²) in [6.07, 6.45) is -2.58. The van der Waals surface area contributed by atoms with Gasteiger partial charge in [-0.25, -0.2) is 0 Å². The minimum Gasteiger partial charge on any atom is -0.326 e. The van der Waals surface area contributed by atoms with Crippen LogP contribution < -0.4 is 0 Å². The van der Waals surface area contributed by atoms with Crippen LogP contribution in [0.4, 0.5) is 13.2 Å². The van der Waals surface area contributed by atoms with Gasteiger partial charge in [-0.05, 0) is 34.5 Å². The number of nitrogens with zero attached hydrogens (tertiary/aromatic N) is 2. The van der Waals surface area contributed by atoms with E-state index in [1.54, 1.807) is 0 Å². The van der Waals surface area contributed by atoms with Crippen LogP contribution in [-0.2, 0) is 4.79 Å². The fraction of sp³-hybridized carbons (Fsp3) is 0.455. The molecule has 3 nitrogen and oxygen atoms in total. The van der Waals surface area contributed by atoms with Gasteiger partial charge in [0.1, 0.15) is 0 Å². The number of likely N-dealkylation sites (tertiary alicyclic amines) is 1.